The Bertz CT molecular complexity index is 775. The Labute approximate surface area is 165 Å². The maximum atomic E-state index is 15.2. The molecule has 0 aliphatic rings. The molecular weight excluding hydrogens is 359 g/mol. The summed E-state index contributed by atoms with van der Waals surface area (Å²) in [6.45, 7) is 6.89. The summed E-state index contributed by atoms with van der Waals surface area (Å²) in [5.41, 5.74) is 0.411. The zero-order valence-electron chi connectivity index (χ0n) is 16.6. The number of hydrogen-bond acceptors (Lipinski definition) is 3. The molecule has 2 N–H and O–H groups in total. The van der Waals surface area contributed by atoms with Gasteiger partial charge in [0.05, 0.1) is 6.04 Å². The predicted molar refractivity (Wildman–Crippen MR) is 106 cm³/mol. The Morgan fingerprint density at radius 2 is 1.39 bits per heavy atom. The molecule has 0 aliphatic carbocycles. The summed E-state index contributed by atoms with van der Waals surface area (Å²) in [5.74, 6) is -0.626. The standard InChI is InChI=1S/C22H27FN2O3/c1-15(16-11-7-5-8-12-16)24-20(26)19(25-21(27)28-22(2,3)4)18(23)17-13-9-6-10-14-17/h5-15,18-19H,1-4H3,(H,24,26)(H,25,27)/t15-,18+,19-/m1/s1. The minimum atomic E-state index is -1.73. The van der Waals surface area contributed by atoms with Crippen LogP contribution in [0.15, 0.2) is 60.7 Å². The number of carbonyl (C=O) groups excluding carboxylic acids is 2. The Hall–Kier alpha value is -2.89. The third-order valence-corrected chi connectivity index (χ3v) is 4.02. The summed E-state index contributed by atoms with van der Waals surface area (Å²) in [5, 5.41) is 5.15. The summed E-state index contributed by atoms with van der Waals surface area (Å²) in [6, 6.07) is 15.8. The Kier molecular flexibility index (Phi) is 7.15. The molecule has 5 nitrogen and oxygen atoms in total. The Morgan fingerprint density at radius 1 is 0.893 bits per heavy atom. The molecule has 0 unspecified atom stereocenters. The fourth-order valence-corrected chi connectivity index (χ4v) is 2.66. The minimum Gasteiger partial charge on any atom is -0.444 e. The van der Waals surface area contributed by atoms with E-state index in [1.54, 1.807) is 58.0 Å². The molecule has 6 heteroatoms. The van der Waals surface area contributed by atoms with Gasteiger partial charge in [-0.2, -0.15) is 0 Å². The second-order valence-electron chi connectivity index (χ2n) is 7.58. The average molecular weight is 386 g/mol. The number of amides is 2. The summed E-state index contributed by atoms with van der Waals surface area (Å²) in [6.07, 6.45) is -2.57. The molecule has 2 amide bonds. The van der Waals surface area contributed by atoms with Crippen molar-refractivity contribution < 1.29 is 18.7 Å². The van der Waals surface area contributed by atoms with E-state index in [0.29, 0.717) is 5.56 Å². The number of rotatable bonds is 6. The summed E-state index contributed by atoms with van der Waals surface area (Å²) >= 11 is 0. The van der Waals surface area contributed by atoms with Crippen LogP contribution in [0.3, 0.4) is 0 Å². The van der Waals surface area contributed by atoms with Crippen LogP contribution in [0.4, 0.5) is 9.18 Å². The van der Waals surface area contributed by atoms with E-state index in [4.69, 9.17) is 4.74 Å². The quantitative estimate of drug-likeness (QED) is 0.770. The summed E-state index contributed by atoms with van der Waals surface area (Å²) in [7, 11) is 0. The van der Waals surface area contributed by atoms with Gasteiger partial charge in [0.25, 0.3) is 0 Å². The van der Waals surface area contributed by atoms with E-state index in [1.807, 2.05) is 30.3 Å². The van der Waals surface area contributed by atoms with Gasteiger partial charge < -0.3 is 15.4 Å². The minimum absolute atomic E-state index is 0.297. The summed E-state index contributed by atoms with van der Waals surface area (Å²) in [4.78, 5) is 25.0. The number of hydrogen-bond donors (Lipinski definition) is 2. The van der Waals surface area contributed by atoms with Gasteiger partial charge in [-0.1, -0.05) is 60.7 Å². The van der Waals surface area contributed by atoms with E-state index in [0.717, 1.165) is 5.56 Å². The second kappa shape index (κ2) is 9.35. The SMILES string of the molecule is C[C@@H](NC(=O)[C@H](NC(=O)OC(C)(C)C)[C@@H](F)c1ccccc1)c1ccccc1. The van der Waals surface area contributed by atoms with Crippen LogP contribution in [-0.4, -0.2) is 23.6 Å². The van der Waals surface area contributed by atoms with E-state index in [-0.39, 0.29) is 6.04 Å². The van der Waals surface area contributed by atoms with Gasteiger partial charge in [0, 0.05) is 0 Å². The maximum absolute atomic E-state index is 15.2. The molecule has 0 heterocycles. The van der Waals surface area contributed by atoms with Crippen LogP contribution in [0.5, 0.6) is 0 Å². The average Bonchev–Trinajstić information content (AvgIpc) is 2.65. The van der Waals surface area contributed by atoms with E-state index < -0.39 is 29.8 Å². The first-order valence-corrected chi connectivity index (χ1v) is 9.21. The number of alkyl halides is 1. The van der Waals surface area contributed by atoms with Crippen molar-refractivity contribution in [2.75, 3.05) is 0 Å². The third kappa shape index (κ3) is 6.37. The van der Waals surface area contributed by atoms with Crippen LogP contribution < -0.4 is 10.6 Å². The van der Waals surface area contributed by atoms with Gasteiger partial charge in [-0.05, 0) is 38.8 Å². The molecule has 2 aromatic carbocycles. The van der Waals surface area contributed by atoms with Crippen molar-refractivity contribution >= 4 is 12.0 Å². The molecule has 0 radical (unpaired) electrons. The molecule has 0 saturated heterocycles. The number of carbonyl (C=O) groups is 2. The lowest BCUT2D eigenvalue weighted by Crippen LogP contribution is -2.50. The molecule has 2 rings (SSSR count). The van der Waals surface area contributed by atoms with Crippen molar-refractivity contribution in [2.24, 2.45) is 0 Å². The molecule has 150 valence electrons. The molecule has 3 atom stereocenters. The topological polar surface area (TPSA) is 67.4 Å². The number of halogens is 1. The van der Waals surface area contributed by atoms with Gasteiger partial charge >= 0.3 is 6.09 Å². The van der Waals surface area contributed by atoms with E-state index in [2.05, 4.69) is 10.6 Å². The molecule has 2 aromatic rings. The van der Waals surface area contributed by atoms with E-state index in [1.165, 1.54) is 0 Å². The Morgan fingerprint density at radius 3 is 1.89 bits per heavy atom. The number of nitrogens with one attached hydrogen (secondary N) is 2. The lowest BCUT2D eigenvalue weighted by atomic mass is 10.0. The van der Waals surface area contributed by atoms with Gasteiger partial charge in [-0.15, -0.1) is 0 Å². The fraction of sp³-hybridized carbons (Fsp3) is 0.364. The first kappa shape index (κ1) is 21.4. The first-order valence-electron chi connectivity index (χ1n) is 9.21. The van der Waals surface area contributed by atoms with Crippen LogP contribution in [0.1, 0.15) is 51.0 Å². The Balaban J connectivity index is 2.19. The highest BCUT2D eigenvalue weighted by molar-refractivity contribution is 5.86. The lowest BCUT2D eigenvalue weighted by molar-refractivity contribution is -0.125. The number of benzene rings is 2. The van der Waals surface area contributed by atoms with E-state index >= 15 is 4.39 Å². The van der Waals surface area contributed by atoms with Crippen LogP contribution >= 0.6 is 0 Å². The second-order valence-corrected chi connectivity index (χ2v) is 7.58. The lowest BCUT2D eigenvalue weighted by Gasteiger charge is -2.26. The third-order valence-electron chi connectivity index (χ3n) is 4.02. The van der Waals surface area contributed by atoms with Gasteiger partial charge in [-0.3, -0.25) is 4.79 Å². The highest BCUT2D eigenvalue weighted by Gasteiger charge is 2.33. The normalized spacial score (nSPS) is 14.5. The number of ether oxygens (including phenoxy) is 1. The zero-order chi connectivity index (χ0) is 20.7. The van der Waals surface area contributed by atoms with Gasteiger partial charge in [0.2, 0.25) is 5.91 Å². The molecule has 0 bridgehead atoms. The smallest absolute Gasteiger partial charge is 0.408 e. The van der Waals surface area contributed by atoms with Crippen molar-refractivity contribution in [3.63, 3.8) is 0 Å². The maximum Gasteiger partial charge on any atom is 0.408 e. The zero-order valence-corrected chi connectivity index (χ0v) is 16.6. The highest BCUT2D eigenvalue weighted by atomic mass is 19.1. The summed E-state index contributed by atoms with van der Waals surface area (Å²) < 4.78 is 20.4. The largest absolute Gasteiger partial charge is 0.444 e. The molecular formula is C22H27FN2O3. The molecule has 0 spiro atoms. The van der Waals surface area contributed by atoms with Crippen molar-refractivity contribution in [2.45, 2.75) is 51.6 Å². The highest BCUT2D eigenvalue weighted by Crippen LogP contribution is 2.23. The predicted octanol–water partition coefficient (Wildman–Crippen LogP) is 4.47. The van der Waals surface area contributed by atoms with Crippen LogP contribution in [0.25, 0.3) is 0 Å². The molecule has 0 aliphatic heterocycles. The fourth-order valence-electron chi connectivity index (χ4n) is 2.66. The van der Waals surface area contributed by atoms with Crippen LogP contribution in [-0.2, 0) is 9.53 Å². The van der Waals surface area contributed by atoms with Crippen molar-refractivity contribution in [1.82, 2.24) is 10.6 Å². The van der Waals surface area contributed by atoms with Gasteiger partial charge in [0.1, 0.15) is 11.6 Å². The van der Waals surface area contributed by atoms with E-state index in [9.17, 15) is 9.59 Å². The van der Waals surface area contributed by atoms with Crippen LogP contribution in [0.2, 0.25) is 0 Å². The molecule has 0 saturated carbocycles. The van der Waals surface area contributed by atoms with Gasteiger partial charge in [-0.25, -0.2) is 9.18 Å². The van der Waals surface area contributed by atoms with Crippen molar-refractivity contribution in [3.8, 4) is 0 Å². The molecule has 0 fully saturated rings. The van der Waals surface area contributed by atoms with Gasteiger partial charge in [0.15, 0.2) is 6.17 Å². The number of alkyl carbamates (subject to hydrolysis) is 1. The monoisotopic (exact) mass is 386 g/mol. The molecule has 0 aromatic heterocycles. The van der Waals surface area contributed by atoms with Crippen molar-refractivity contribution in [1.29, 1.82) is 0 Å². The molecule has 28 heavy (non-hydrogen) atoms. The first-order chi connectivity index (χ1) is 13.2. The van der Waals surface area contributed by atoms with Crippen molar-refractivity contribution in [3.05, 3.63) is 71.8 Å². The van der Waals surface area contributed by atoms with Crippen LogP contribution in [0, 0.1) is 0 Å².